The van der Waals surface area contributed by atoms with E-state index < -0.39 is 29.7 Å². The van der Waals surface area contributed by atoms with Gasteiger partial charge >= 0.3 is 12.1 Å². The van der Waals surface area contributed by atoms with Crippen molar-refractivity contribution in [1.82, 2.24) is 5.32 Å². The van der Waals surface area contributed by atoms with Gasteiger partial charge in [0.1, 0.15) is 11.6 Å². The minimum Gasteiger partial charge on any atom is -0.493 e. The molecule has 25 heavy (non-hydrogen) atoms. The number of hydrogen-bond donors (Lipinski definition) is 3. The third-order valence-corrected chi connectivity index (χ3v) is 3.31. The fraction of sp³-hybridized carbons (Fsp3) is 0.529. The van der Waals surface area contributed by atoms with Crippen molar-refractivity contribution in [2.75, 3.05) is 14.2 Å². The molecule has 140 valence electrons. The first-order valence-corrected chi connectivity index (χ1v) is 7.77. The SMILES string of the molecule is COc1ccc(C(N)CC(NC(=O)OC(C)(C)C)C(=O)O)cc1OC. The van der Waals surface area contributed by atoms with E-state index in [-0.39, 0.29) is 6.42 Å². The Morgan fingerprint density at radius 2 is 1.80 bits per heavy atom. The molecule has 4 N–H and O–H groups in total. The van der Waals surface area contributed by atoms with Crippen molar-refractivity contribution in [3.63, 3.8) is 0 Å². The predicted molar refractivity (Wildman–Crippen MR) is 91.9 cm³/mol. The van der Waals surface area contributed by atoms with E-state index in [2.05, 4.69) is 5.32 Å². The van der Waals surface area contributed by atoms with Gasteiger partial charge in [0.15, 0.2) is 11.5 Å². The molecule has 0 aliphatic rings. The van der Waals surface area contributed by atoms with Gasteiger partial charge in [-0.3, -0.25) is 0 Å². The molecule has 2 unspecified atom stereocenters. The molecule has 0 heterocycles. The highest BCUT2D eigenvalue weighted by Crippen LogP contribution is 2.30. The van der Waals surface area contributed by atoms with E-state index in [0.29, 0.717) is 17.1 Å². The van der Waals surface area contributed by atoms with Gasteiger partial charge in [0.2, 0.25) is 0 Å². The zero-order valence-electron chi connectivity index (χ0n) is 15.2. The Morgan fingerprint density at radius 3 is 2.28 bits per heavy atom. The molecular weight excluding hydrogens is 328 g/mol. The van der Waals surface area contributed by atoms with Crippen molar-refractivity contribution < 1.29 is 28.9 Å². The van der Waals surface area contributed by atoms with Crippen molar-refractivity contribution in [3.05, 3.63) is 23.8 Å². The van der Waals surface area contributed by atoms with Crippen LogP contribution in [0.1, 0.15) is 38.8 Å². The van der Waals surface area contributed by atoms with Gasteiger partial charge < -0.3 is 30.4 Å². The van der Waals surface area contributed by atoms with Crippen molar-refractivity contribution in [2.45, 2.75) is 44.9 Å². The number of hydrogen-bond acceptors (Lipinski definition) is 6. The molecule has 0 aliphatic heterocycles. The molecule has 0 saturated heterocycles. The number of nitrogens with two attached hydrogens (primary N) is 1. The quantitative estimate of drug-likeness (QED) is 0.685. The molecule has 1 aromatic carbocycles. The van der Waals surface area contributed by atoms with Crippen LogP contribution in [0, 0.1) is 0 Å². The summed E-state index contributed by atoms with van der Waals surface area (Å²) in [4.78, 5) is 23.2. The van der Waals surface area contributed by atoms with Gasteiger partial charge in [0, 0.05) is 6.04 Å². The minimum absolute atomic E-state index is 0.00986. The third-order valence-electron chi connectivity index (χ3n) is 3.31. The molecule has 0 aromatic heterocycles. The van der Waals surface area contributed by atoms with Crippen LogP contribution in [0.2, 0.25) is 0 Å². The topological polar surface area (TPSA) is 120 Å². The number of carboxylic acid groups (broad SMARTS) is 1. The lowest BCUT2D eigenvalue weighted by atomic mass is 9.99. The maximum atomic E-state index is 11.8. The van der Waals surface area contributed by atoms with Crippen LogP contribution < -0.4 is 20.5 Å². The largest absolute Gasteiger partial charge is 0.493 e. The lowest BCUT2D eigenvalue weighted by Gasteiger charge is -2.23. The van der Waals surface area contributed by atoms with Crippen molar-refractivity contribution in [2.24, 2.45) is 5.73 Å². The zero-order chi connectivity index (χ0) is 19.2. The van der Waals surface area contributed by atoms with Gasteiger partial charge in [0.25, 0.3) is 0 Å². The molecule has 0 saturated carbocycles. The van der Waals surface area contributed by atoms with Crippen LogP contribution in [0.5, 0.6) is 11.5 Å². The Labute approximate surface area is 147 Å². The van der Waals surface area contributed by atoms with Crippen LogP contribution in [0.3, 0.4) is 0 Å². The number of aliphatic carboxylic acids is 1. The Balaban J connectivity index is 2.84. The summed E-state index contributed by atoms with van der Waals surface area (Å²) in [6, 6.07) is 3.27. The highest BCUT2D eigenvalue weighted by Gasteiger charge is 2.26. The number of nitrogens with one attached hydrogen (secondary N) is 1. The molecule has 8 nitrogen and oxygen atoms in total. The zero-order valence-corrected chi connectivity index (χ0v) is 15.2. The first kappa shape index (κ1) is 20.6. The number of carboxylic acids is 1. The van der Waals surface area contributed by atoms with Crippen molar-refractivity contribution >= 4 is 12.1 Å². The van der Waals surface area contributed by atoms with Gasteiger partial charge in [-0.05, 0) is 44.9 Å². The van der Waals surface area contributed by atoms with Gasteiger partial charge in [-0.1, -0.05) is 6.07 Å². The molecule has 0 aliphatic carbocycles. The second kappa shape index (κ2) is 8.57. The van der Waals surface area contributed by atoms with Gasteiger partial charge in [0.05, 0.1) is 14.2 Å². The van der Waals surface area contributed by atoms with Gasteiger partial charge in [-0.2, -0.15) is 0 Å². The predicted octanol–water partition coefficient (Wildman–Crippen LogP) is 2.07. The van der Waals surface area contributed by atoms with Crippen LogP contribution >= 0.6 is 0 Å². The summed E-state index contributed by atoms with van der Waals surface area (Å²) in [5.41, 5.74) is 6.04. The van der Waals surface area contributed by atoms with E-state index in [9.17, 15) is 14.7 Å². The van der Waals surface area contributed by atoms with Gasteiger partial charge in [-0.15, -0.1) is 0 Å². The molecule has 0 bridgehead atoms. The Bertz CT molecular complexity index is 612. The monoisotopic (exact) mass is 354 g/mol. The van der Waals surface area contributed by atoms with Crippen molar-refractivity contribution in [3.8, 4) is 11.5 Å². The highest BCUT2D eigenvalue weighted by molar-refractivity contribution is 5.80. The summed E-state index contributed by atoms with van der Waals surface area (Å²) in [7, 11) is 3.01. The molecule has 1 rings (SSSR count). The second-order valence-electron chi connectivity index (χ2n) is 6.49. The number of carbonyl (C=O) groups excluding carboxylic acids is 1. The van der Waals surface area contributed by atoms with E-state index in [4.69, 9.17) is 19.9 Å². The summed E-state index contributed by atoms with van der Waals surface area (Å²) in [6.07, 6.45) is -0.816. The lowest BCUT2D eigenvalue weighted by molar-refractivity contribution is -0.139. The van der Waals surface area contributed by atoms with Crippen LogP contribution in [-0.4, -0.2) is 43.0 Å². The first-order chi connectivity index (χ1) is 11.6. The Kier molecular flexibility index (Phi) is 7.05. The fourth-order valence-corrected chi connectivity index (χ4v) is 2.14. The molecule has 1 amide bonds. The number of rotatable bonds is 7. The van der Waals surface area contributed by atoms with Crippen LogP contribution in [0.25, 0.3) is 0 Å². The summed E-state index contributed by atoms with van der Waals surface area (Å²) in [5.74, 6) is -0.163. The maximum absolute atomic E-state index is 11.8. The number of amides is 1. The smallest absolute Gasteiger partial charge is 0.408 e. The highest BCUT2D eigenvalue weighted by atomic mass is 16.6. The number of alkyl carbamates (subject to hydrolysis) is 1. The number of benzene rings is 1. The molecule has 2 atom stereocenters. The number of carbonyl (C=O) groups is 2. The molecule has 0 spiro atoms. The molecule has 1 aromatic rings. The van der Waals surface area contributed by atoms with E-state index in [0.717, 1.165) is 0 Å². The average Bonchev–Trinajstić information content (AvgIpc) is 2.51. The molecular formula is C17H26N2O6. The van der Waals surface area contributed by atoms with E-state index in [1.807, 2.05) is 0 Å². The standard InChI is InChI=1S/C17H26N2O6/c1-17(2,3)25-16(22)19-12(15(20)21)9-11(18)10-6-7-13(23-4)14(8-10)24-5/h6-8,11-12H,9,18H2,1-5H3,(H,19,22)(H,20,21). The summed E-state index contributed by atoms with van der Waals surface area (Å²) >= 11 is 0. The van der Waals surface area contributed by atoms with E-state index in [1.54, 1.807) is 39.0 Å². The minimum atomic E-state index is -1.19. The summed E-state index contributed by atoms with van der Waals surface area (Å²) < 4.78 is 15.4. The van der Waals surface area contributed by atoms with Gasteiger partial charge in [-0.25, -0.2) is 9.59 Å². The number of methoxy groups -OCH3 is 2. The molecule has 0 fully saturated rings. The first-order valence-electron chi connectivity index (χ1n) is 7.77. The van der Waals surface area contributed by atoms with Crippen LogP contribution in [0.15, 0.2) is 18.2 Å². The second-order valence-corrected chi connectivity index (χ2v) is 6.49. The summed E-state index contributed by atoms with van der Waals surface area (Å²) in [5, 5.41) is 11.7. The molecule has 0 radical (unpaired) electrons. The lowest BCUT2D eigenvalue weighted by Crippen LogP contribution is -2.44. The normalized spacial score (nSPS) is 13.5. The number of ether oxygens (including phenoxy) is 3. The van der Waals surface area contributed by atoms with Crippen LogP contribution in [0.4, 0.5) is 4.79 Å². The molecule has 8 heteroatoms. The van der Waals surface area contributed by atoms with Crippen molar-refractivity contribution in [1.29, 1.82) is 0 Å². The fourth-order valence-electron chi connectivity index (χ4n) is 2.14. The van der Waals surface area contributed by atoms with E-state index in [1.165, 1.54) is 14.2 Å². The Hall–Kier alpha value is -2.48. The Morgan fingerprint density at radius 1 is 1.20 bits per heavy atom. The van der Waals surface area contributed by atoms with Crippen LogP contribution in [-0.2, 0) is 9.53 Å². The maximum Gasteiger partial charge on any atom is 0.408 e. The summed E-state index contributed by atoms with van der Waals surface area (Å²) in [6.45, 7) is 5.08. The average molecular weight is 354 g/mol. The van der Waals surface area contributed by atoms with E-state index >= 15 is 0 Å². The third kappa shape index (κ3) is 6.50.